The van der Waals surface area contributed by atoms with Crippen LogP contribution in [0.5, 0.6) is 0 Å². The lowest BCUT2D eigenvalue weighted by Gasteiger charge is -2.38. The van der Waals surface area contributed by atoms with E-state index in [0.717, 1.165) is 4.90 Å². The summed E-state index contributed by atoms with van der Waals surface area (Å²) < 4.78 is 0.186. The van der Waals surface area contributed by atoms with Gasteiger partial charge >= 0.3 is 18.0 Å². The molecule has 0 spiro atoms. The number of hydrogen-bond donors (Lipinski definition) is 2. The summed E-state index contributed by atoms with van der Waals surface area (Å²) in [5, 5.41) is 17.8. The van der Waals surface area contributed by atoms with Crippen LogP contribution in [-0.2, 0) is 19.2 Å². The molecule has 1 saturated heterocycles. The lowest BCUT2D eigenvalue weighted by atomic mass is 10.1. The molecule has 1 fully saturated rings. The molecule has 1 aliphatic rings. The van der Waals surface area contributed by atoms with E-state index >= 15 is 0 Å². The molecule has 10 nitrogen and oxygen atoms in total. The molecule has 4 amide bonds. The Balaban J connectivity index is 3.18. The van der Waals surface area contributed by atoms with Crippen molar-refractivity contribution in [3.05, 3.63) is 0 Å². The molecule has 2 N–H and O–H groups in total. The van der Waals surface area contributed by atoms with E-state index in [9.17, 15) is 24.0 Å². The molecule has 134 valence electrons. The topological polar surface area (TPSA) is 136 Å². The van der Waals surface area contributed by atoms with E-state index in [0.29, 0.717) is 11.3 Å². The number of carbonyl (C=O) groups is 5. The van der Waals surface area contributed by atoms with Crippen molar-refractivity contribution in [2.75, 3.05) is 19.6 Å². The average molecular weight is 364 g/mol. The van der Waals surface area contributed by atoms with Crippen molar-refractivity contribution >= 4 is 41.6 Å². The Hall–Kier alpha value is -2.20. The fourth-order valence-corrected chi connectivity index (χ4v) is 2.35. The van der Waals surface area contributed by atoms with Gasteiger partial charge in [0, 0.05) is 18.3 Å². The van der Waals surface area contributed by atoms with E-state index in [-0.39, 0.29) is 16.9 Å². The molecular formula is C13H18ClN3O7. The standard InChI is InChI=1S/C13H18ClN3O7/c1-3-7(2)4-16-11(22)10(12(23)17(14)13(16)24)15(5-8(18)19)6-9(20)21/h7,10H,3-6H2,1-2H3,(H,18,19)(H,20,21). The Morgan fingerprint density at radius 2 is 1.67 bits per heavy atom. The summed E-state index contributed by atoms with van der Waals surface area (Å²) in [5.74, 6) is -5.09. The van der Waals surface area contributed by atoms with Gasteiger partial charge in [-0.25, -0.2) is 4.79 Å². The second-order valence-corrected chi connectivity index (χ2v) is 5.80. The quantitative estimate of drug-likeness (QED) is 0.447. The zero-order valence-corrected chi connectivity index (χ0v) is 13.9. The molecule has 2 unspecified atom stereocenters. The van der Waals surface area contributed by atoms with Crippen molar-refractivity contribution in [1.29, 1.82) is 0 Å². The zero-order chi connectivity index (χ0) is 18.6. The van der Waals surface area contributed by atoms with Gasteiger partial charge < -0.3 is 10.2 Å². The number of aliphatic carboxylic acids is 2. The lowest BCUT2D eigenvalue weighted by Crippen LogP contribution is -2.66. The van der Waals surface area contributed by atoms with Gasteiger partial charge in [0.05, 0.1) is 13.1 Å². The highest BCUT2D eigenvalue weighted by Crippen LogP contribution is 2.21. The van der Waals surface area contributed by atoms with E-state index in [1.54, 1.807) is 6.92 Å². The number of urea groups is 1. The maximum absolute atomic E-state index is 12.5. The number of hydrogen-bond acceptors (Lipinski definition) is 6. The zero-order valence-electron chi connectivity index (χ0n) is 13.1. The van der Waals surface area contributed by atoms with Crippen molar-refractivity contribution in [3.8, 4) is 0 Å². The number of nitrogens with zero attached hydrogens (tertiary/aromatic N) is 3. The van der Waals surface area contributed by atoms with Gasteiger partial charge in [-0.2, -0.15) is 4.42 Å². The number of carbonyl (C=O) groups excluding carboxylic acids is 3. The first-order valence-electron chi connectivity index (χ1n) is 7.12. The summed E-state index contributed by atoms with van der Waals surface area (Å²) in [6.45, 7) is 1.85. The molecular weight excluding hydrogens is 346 g/mol. The third-order valence-corrected chi connectivity index (χ3v) is 3.87. The number of amides is 4. The fraction of sp³-hybridized carbons (Fsp3) is 0.615. The SMILES string of the molecule is CCC(C)CN1C(=O)C(N(CC(=O)O)CC(=O)O)C(=O)N(Cl)C1=O. The van der Waals surface area contributed by atoms with Crippen molar-refractivity contribution in [2.45, 2.75) is 26.3 Å². The minimum atomic E-state index is -1.78. The van der Waals surface area contributed by atoms with Crippen molar-refractivity contribution in [3.63, 3.8) is 0 Å². The van der Waals surface area contributed by atoms with Crippen LogP contribution in [0.15, 0.2) is 0 Å². The third-order valence-electron chi connectivity index (χ3n) is 3.56. The number of rotatable bonds is 8. The lowest BCUT2D eigenvalue weighted by molar-refractivity contribution is -0.152. The normalized spacial score (nSPS) is 19.8. The Bertz CT molecular complexity index is 552. The molecule has 1 heterocycles. The number of imide groups is 2. The van der Waals surface area contributed by atoms with E-state index in [1.165, 1.54) is 0 Å². The molecule has 1 aliphatic heterocycles. The van der Waals surface area contributed by atoms with Gasteiger partial charge in [0.2, 0.25) is 0 Å². The third kappa shape index (κ3) is 4.42. The van der Waals surface area contributed by atoms with Crippen LogP contribution in [0.1, 0.15) is 20.3 Å². The van der Waals surface area contributed by atoms with Crippen LogP contribution in [0, 0.1) is 5.92 Å². The highest BCUT2D eigenvalue weighted by atomic mass is 35.5. The largest absolute Gasteiger partial charge is 0.480 e. The Morgan fingerprint density at radius 3 is 2.08 bits per heavy atom. The fourth-order valence-electron chi connectivity index (χ4n) is 2.16. The summed E-state index contributed by atoms with van der Waals surface area (Å²) in [5.41, 5.74) is 0. The first-order chi connectivity index (χ1) is 11.1. The molecule has 2 atom stereocenters. The Labute approximate surface area is 142 Å². The highest BCUT2D eigenvalue weighted by Gasteiger charge is 2.49. The minimum absolute atomic E-state index is 0.0187. The number of carboxylic acids is 2. The van der Waals surface area contributed by atoms with Crippen LogP contribution in [-0.4, -0.2) is 79.9 Å². The van der Waals surface area contributed by atoms with Crippen LogP contribution in [0.25, 0.3) is 0 Å². The van der Waals surface area contributed by atoms with Crippen molar-refractivity contribution < 1.29 is 34.2 Å². The molecule has 0 radical (unpaired) electrons. The summed E-state index contributed by atoms with van der Waals surface area (Å²) in [4.78, 5) is 59.9. The number of barbiturate groups is 1. The maximum Gasteiger partial charge on any atom is 0.348 e. The van der Waals surface area contributed by atoms with E-state index in [4.69, 9.17) is 22.0 Å². The van der Waals surface area contributed by atoms with Crippen LogP contribution in [0.4, 0.5) is 4.79 Å². The van der Waals surface area contributed by atoms with E-state index < -0.39 is 48.9 Å². The van der Waals surface area contributed by atoms with Crippen LogP contribution in [0.2, 0.25) is 0 Å². The average Bonchev–Trinajstić information content (AvgIpc) is 2.48. The minimum Gasteiger partial charge on any atom is -0.480 e. The van der Waals surface area contributed by atoms with Gasteiger partial charge in [-0.15, -0.1) is 0 Å². The van der Waals surface area contributed by atoms with Gasteiger partial charge in [-0.3, -0.25) is 29.0 Å². The number of halogens is 1. The summed E-state index contributed by atoms with van der Waals surface area (Å²) in [6.07, 6.45) is 0.645. The van der Waals surface area contributed by atoms with Gasteiger partial charge in [0.25, 0.3) is 11.8 Å². The summed E-state index contributed by atoms with van der Waals surface area (Å²) in [6, 6.07) is -2.81. The summed E-state index contributed by atoms with van der Waals surface area (Å²) in [7, 11) is 0. The molecule has 11 heteroatoms. The van der Waals surface area contributed by atoms with Crippen LogP contribution >= 0.6 is 11.8 Å². The monoisotopic (exact) mass is 363 g/mol. The molecule has 1 rings (SSSR count). The van der Waals surface area contributed by atoms with Gasteiger partial charge in [0.15, 0.2) is 6.04 Å². The predicted molar refractivity (Wildman–Crippen MR) is 79.9 cm³/mol. The van der Waals surface area contributed by atoms with Crippen molar-refractivity contribution in [2.24, 2.45) is 5.92 Å². The summed E-state index contributed by atoms with van der Waals surface area (Å²) >= 11 is 5.64. The Morgan fingerprint density at radius 1 is 1.17 bits per heavy atom. The predicted octanol–water partition coefficient (Wildman–Crippen LogP) is -0.183. The van der Waals surface area contributed by atoms with Gasteiger partial charge in [-0.1, -0.05) is 20.3 Å². The molecule has 0 aromatic heterocycles. The van der Waals surface area contributed by atoms with Gasteiger partial charge in [-0.05, 0) is 5.92 Å². The number of carboxylic acid groups (broad SMARTS) is 2. The second-order valence-electron chi connectivity index (χ2n) is 5.46. The highest BCUT2D eigenvalue weighted by molar-refractivity contribution is 6.36. The van der Waals surface area contributed by atoms with Crippen molar-refractivity contribution in [1.82, 2.24) is 14.2 Å². The maximum atomic E-state index is 12.5. The van der Waals surface area contributed by atoms with Crippen LogP contribution in [0.3, 0.4) is 0 Å². The first-order valence-corrected chi connectivity index (χ1v) is 7.46. The molecule has 0 bridgehead atoms. The second kappa shape index (κ2) is 8.06. The Kier molecular flexibility index (Phi) is 6.67. The smallest absolute Gasteiger partial charge is 0.348 e. The molecule has 0 aromatic rings. The van der Waals surface area contributed by atoms with Crippen LogP contribution < -0.4 is 0 Å². The van der Waals surface area contributed by atoms with Gasteiger partial charge in [0.1, 0.15) is 0 Å². The van der Waals surface area contributed by atoms with E-state index in [1.807, 2.05) is 6.92 Å². The molecule has 0 saturated carbocycles. The first kappa shape index (κ1) is 19.8. The molecule has 24 heavy (non-hydrogen) atoms. The molecule has 0 aromatic carbocycles. The molecule has 0 aliphatic carbocycles. The van der Waals surface area contributed by atoms with E-state index in [2.05, 4.69) is 0 Å².